The van der Waals surface area contributed by atoms with Crippen LogP contribution in [0.3, 0.4) is 0 Å². The van der Waals surface area contributed by atoms with Crippen molar-refractivity contribution in [2.24, 2.45) is 0 Å². The van der Waals surface area contributed by atoms with Crippen molar-refractivity contribution in [3.8, 4) is 0 Å². The van der Waals surface area contributed by atoms with Gasteiger partial charge in [0.05, 0.1) is 19.6 Å². The summed E-state index contributed by atoms with van der Waals surface area (Å²) in [6.45, 7) is 11.1. The maximum atomic E-state index is 11.7. The summed E-state index contributed by atoms with van der Waals surface area (Å²) in [5.41, 5.74) is 0. The minimum absolute atomic E-state index is 0.401. The highest BCUT2D eigenvalue weighted by atomic mass is 16.1. The summed E-state index contributed by atoms with van der Waals surface area (Å²) in [6, 6.07) is 0. The van der Waals surface area contributed by atoms with Crippen molar-refractivity contribution in [3.05, 3.63) is 25.3 Å². The van der Waals surface area contributed by atoms with Crippen molar-refractivity contribution >= 4 is 5.78 Å². The monoisotopic (exact) mass is 208 g/mol. The Balaban J connectivity index is 2.74. The van der Waals surface area contributed by atoms with Crippen LogP contribution in [0.2, 0.25) is 0 Å². The van der Waals surface area contributed by atoms with Crippen LogP contribution in [-0.2, 0) is 4.79 Å². The molecule has 1 aliphatic heterocycles. The van der Waals surface area contributed by atoms with E-state index < -0.39 is 0 Å². The van der Waals surface area contributed by atoms with Crippen molar-refractivity contribution in [3.63, 3.8) is 0 Å². The van der Waals surface area contributed by atoms with Gasteiger partial charge in [0.25, 0.3) is 0 Å². The Bertz CT molecular complexity index is 235. The number of carbonyl (C=O) groups excluding carboxylic acids is 1. The molecule has 0 saturated carbocycles. The van der Waals surface area contributed by atoms with Gasteiger partial charge in [0.2, 0.25) is 0 Å². The molecule has 84 valence electrons. The van der Waals surface area contributed by atoms with Crippen LogP contribution >= 0.6 is 0 Å². The topological polar surface area (TPSA) is 17.1 Å². The summed E-state index contributed by atoms with van der Waals surface area (Å²) in [5, 5.41) is 0. The predicted molar refractivity (Wildman–Crippen MR) is 63.6 cm³/mol. The molecule has 1 heterocycles. The van der Waals surface area contributed by atoms with Crippen molar-refractivity contribution in [1.29, 1.82) is 0 Å². The van der Waals surface area contributed by atoms with Gasteiger partial charge in [0, 0.05) is 6.42 Å². The molecule has 0 unspecified atom stereocenters. The third-order valence-electron chi connectivity index (χ3n) is 3.13. The standard InChI is InChI=1S/C13H22NO/c1-3-9-14(10-4-2)11-7-5-6-8-13(15)12-14/h3-4H,1-2,5-12H2/q+1. The molecule has 1 aliphatic rings. The Hall–Kier alpha value is -0.890. The molecule has 0 radical (unpaired) electrons. The number of Topliss-reactive ketones (excluding diaryl/α,β-unsaturated/α-hetero) is 1. The number of nitrogens with zero attached hydrogens (tertiary/aromatic N) is 1. The quantitative estimate of drug-likeness (QED) is 0.512. The summed E-state index contributed by atoms with van der Waals surface area (Å²) in [7, 11) is 0. The summed E-state index contributed by atoms with van der Waals surface area (Å²) in [4.78, 5) is 11.7. The minimum Gasteiger partial charge on any atom is -0.311 e. The molecule has 2 heteroatoms. The largest absolute Gasteiger partial charge is 0.311 e. The van der Waals surface area contributed by atoms with Gasteiger partial charge in [-0.1, -0.05) is 13.2 Å². The van der Waals surface area contributed by atoms with Crippen molar-refractivity contribution in [2.75, 3.05) is 26.2 Å². The second kappa shape index (κ2) is 5.86. The molecule has 0 spiro atoms. The second-order valence-electron chi connectivity index (χ2n) is 4.52. The molecule has 2 nitrogen and oxygen atoms in total. The summed E-state index contributed by atoms with van der Waals surface area (Å²) in [5.74, 6) is 0.401. The lowest BCUT2D eigenvalue weighted by Crippen LogP contribution is -2.52. The number of hydrogen-bond donors (Lipinski definition) is 0. The number of likely N-dealkylation sites (tertiary alicyclic amines) is 1. The normalized spacial score (nSPS) is 21.5. The van der Waals surface area contributed by atoms with Crippen molar-refractivity contribution < 1.29 is 9.28 Å². The van der Waals surface area contributed by atoms with Gasteiger partial charge in [-0.3, -0.25) is 4.79 Å². The summed E-state index contributed by atoms with van der Waals surface area (Å²) in [6.07, 6.45) is 8.08. The molecule has 0 aliphatic carbocycles. The number of carbonyl (C=O) groups is 1. The molecule has 0 aromatic heterocycles. The molecule has 0 aromatic rings. The number of rotatable bonds is 4. The van der Waals surface area contributed by atoms with E-state index in [1.165, 1.54) is 12.8 Å². The van der Waals surface area contributed by atoms with E-state index in [1.807, 2.05) is 12.2 Å². The molecule has 0 aromatic carbocycles. The zero-order valence-corrected chi connectivity index (χ0v) is 9.58. The molecule has 1 rings (SSSR count). The fraction of sp³-hybridized carbons (Fsp3) is 0.615. The molecule has 0 atom stereocenters. The van der Waals surface area contributed by atoms with Crippen LogP contribution in [-0.4, -0.2) is 36.4 Å². The molecule has 0 amide bonds. The Morgan fingerprint density at radius 3 is 2.40 bits per heavy atom. The molecule has 15 heavy (non-hydrogen) atoms. The molecule has 1 fully saturated rings. The van der Waals surface area contributed by atoms with Gasteiger partial charge < -0.3 is 4.48 Å². The molecular formula is C13H22NO+. The highest BCUT2D eigenvalue weighted by Gasteiger charge is 2.28. The van der Waals surface area contributed by atoms with Gasteiger partial charge in [-0.2, -0.15) is 0 Å². The van der Waals surface area contributed by atoms with Crippen LogP contribution in [0.4, 0.5) is 0 Å². The van der Waals surface area contributed by atoms with Crippen molar-refractivity contribution in [1.82, 2.24) is 0 Å². The predicted octanol–water partition coefficient (Wildman–Crippen LogP) is 2.32. The van der Waals surface area contributed by atoms with Crippen molar-refractivity contribution in [2.45, 2.75) is 25.7 Å². The Morgan fingerprint density at radius 1 is 1.13 bits per heavy atom. The van der Waals surface area contributed by atoms with E-state index in [4.69, 9.17) is 0 Å². The van der Waals surface area contributed by atoms with Gasteiger partial charge in [0.1, 0.15) is 6.54 Å². The van der Waals surface area contributed by atoms with E-state index in [1.54, 1.807) is 0 Å². The van der Waals surface area contributed by atoms with Crippen LogP contribution in [0.1, 0.15) is 25.7 Å². The first-order chi connectivity index (χ1) is 7.22. The SMILES string of the molecule is C=CC[N+]1(CC=C)CCCCCC(=O)C1. The average Bonchev–Trinajstić information content (AvgIpc) is 2.15. The van der Waals surface area contributed by atoms with Crippen LogP contribution in [0.5, 0.6) is 0 Å². The molecule has 0 N–H and O–H groups in total. The first kappa shape index (κ1) is 12.2. The highest BCUT2D eigenvalue weighted by molar-refractivity contribution is 5.79. The van der Waals surface area contributed by atoms with Crippen LogP contribution in [0.15, 0.2) is 25.3 Å². The highest BCUT2D eigenvalue weighted by Crippen LogP contribution is 2.16. The van der Waals surface area contributed by atoms with Gasteiger partial charge in [-0.05, 0) is 31.4 Å². The molecule has 0 bridgehead atoms. The summed E-state index contributed by atoms with van der Waals surface area (Å²) >= 11 is 0. The van der Waals surface area contributed by atoms with Gasteiger partial charge in [0.15, 0.2) is 5.78 Å². The fourth-order valence-electron chi connectivity index (χ4n) is 2.41. The lowest BCUT2D eigenvalue weighted by atomic mass is 10.0. The number of ketones is 1. The van der Waals surface area contributed by atoms with E-state index >= 15 is 0 Å². The van der Waals surface area contributed by atoms with Gasteiger partial charge in [-0.15, -0.1) is 0 Å². The number of quaternary nitrogens is 1. The van der Waals surface area contributed by atoms with Crippen LogP contribution < -0.4 is 0 Å². The minimum atomic E-state index is 0.401. The zero-order chi connectivity index (χ0) is 11.1. The van der Waals surface area contributed by atoms with E-state index in [0.29, 0.717) is 12.3 Å². The van der Waals surface area contributed by atoms with E-state index in [-0.39, 0.29) is 0 Å². The lowest BCUT2D eigenvalue weighted by molar-refractivity contribution is -0.910. The third-order valence-corrected chi connectivity index (χ3v) is 3.13. The van der Waals surface area contributed by atoms with E-state index in [2.05, 4.69) is 13.2 Å². The Labute approximate surface area is 92.9 Å². The van der Waals surface area contributed by atoms with E-state index in [9.17, 15) is 4.79 Å². The lowest BCUT2D eigenvalue weighted by Gasteiger charge is -2.37. The first-order valence-corrected chi connectivity index (χ1v) is 5.81. The van der Waals surface area contributed by atoms with Gasteiger partial charge >= 0.3 is 0 Å². The first-order valence-electron chi connectivity index (χ1n) is 5.81. The summed E-state index contributed by atoms with van der Waals surface area (Å²) < 4.78 is 0.839. The average molecular weight is 208 g/mol. The zero-order valence-electron chi connectivity index (χ0n) is 9.58. The smallest absolute Gasteiger partial charge is 0.186 e. The Kier molecular flexibility index (Phi) is 4.76. The molecule has 1 saturated heterocycles. The molecular weight excluding hydrogens is 186 g/mol. The van der Waals surface area contributed by atoms with Crippen LogP contribution in [0, 0.1) is 0 Å². The maximum absolute atomic E-state index is 11.7. The van der Waals surface area contributed by atoms with Gasteiger partial charge in [-0.25, -0.2) is 0 Å². The fourth-order valence-corrected chi connectivity index (χ4v) is 2.41. The third kappa shape index (κ3) is 3.63. The second-order valence-corrected chi connectivity index (χ2v) is 4.52. The Morgan fingerprint density at radius 2 is 1.80 bits per heavy atom. The van der Waals surface area contributed by atoms with E-state index in [0.717, 1.165) is 37.0 Å². The van der Waals surface area contributed by atoms with Crippen LogP contribution in [0.25, 0.3) is 0 Å². The number of hydrogen-bond acceptors (Lipinski definition) is 1. The maximum Gasteiger partial charge on any atom is 0.186 e.